The minimum Gasteiger partial charge on any atom is -0.494 e. The zero-order chi connectivity index (χ0) is 22.8. The summed E-state index contributed by atoms with van der Waals surface area (Å²) < 4.78 is 17.1. The van der Waals surface area contributed by atoms with Crippen LogP contribution in [0.25, 0.3) is 11.0 Å². The SMILES string of the molecule is CCCOc1cccc(C2c3c(oc4c(C)cc(C)cc4c3=O)C(=O)N2CCCOC)c1. The van der Waals surface area contributed by atoms with Gasteiger partial charge in [0.25, 0.3) is 5.91 Å². The summed E-state index contributed by atoms with van der Waals surface area (Å²) in [4.78, 5) is 28.8. The topological polar surface area (TPSA) is 69.0 Å². The molecule has 1 aliphatic rings. The lowest BCUT2D eigenvalue weighted by atomic mass is 9.97. The maximum absolute atomic E-state index is 13.7. The summed E-state index contributed by atoms with van der Waals surface area (Å²) in [7, 11) is 1.63. The molecule has 0 saturated heterocycles. The minimum absolute atomic E-state index is 0.136. The lowest BCUT2D eigenvalue weighted by Gasteiger charge is -2.25. The lowest BCUT2D eigenvalue weighted by molar-refractivity contribution is 0.0707. The minimum atomic E-state index is -0.527. The van der Waals surface area contributed by atoms with E-state index >= 15 is 0 Å². The van der Waals surface area contributed by atoms with Gasteiger partial charge in [-0.25, -0.2) is 0 Å². The van der Waals surface area contributed by atoms with Crippen LogP contribution in [0.4, 0.5) is 0 Å². The van der Waals surface area contributed by atoms with Crippen molar-refractivity contribution < 1.29 is 18.7 Å². The normalized spacial score (nSPS) is 15.4. The van der Waals surface area contributed by atoms with E-state index in [1.165, 1.54) is 0 Å². The van der Waals surface area contributed by atoms with Crippen LogP contribution in [0.5, 0.6) is 5.75 Å². The largest absolute Gasteiger partial charge is 0.494 e. The third kappa shape index (κ3) is 3.91. The van der Waals surface area contributed by atoms with Crippen LogP contribution < -0.4 is 10.2 Å². The Bertz CT molecular complexity index is 1210. The number of fused-ring (bicyclic) bond motifs is 2. The molecule has 1 aromatic heterocycles. The van der Waals surface area contributed by atoms with Gasteiger partial charge in [-0.2, -0.15) is 0 Å². The van der Waals surface area contributed by atoms with Gasteiger partial charge in [0.15, 0.2) is 5.43 Å². The number of methoxy groups -OCH3 is 1. The van der Waals surface area contributed by atoms with E-state index in [9.17, 15) is 9.59 Å². The highest BCUT2D eigenvalue weighted by Gasteiger charge is 2.42. The van der Waals surface area contributed by atoms with Gasteiger partial charge < -0.3 is 18.8 Å². The molecule has 168 valence electrons. The number of rotatable bonds is 8. The van der Waals surface area contributed by atoms with Gasteiger partial charge in [-0.05, 0) is 61.6 Å². The van der Waals surface area contributed by atoms with Gasteiger partial charge in [0.05, 0.1) is 23.6 Å². The van der Waals surface area contributed by atoms with Gasteiger partial charge in [-0.15, -0.1) is 0 Å². The van der Waals surface area contributed by atoms with E-state index in [1.807, 2.05) is 57.2 Å². The van der Waals surface area contributed by atoms with Crippen molar-refractivity contribution in [3.63, 3.8) is 0 Å². The molecule has 1 unspecified atom stereocenters. The number of carbonyl (C=O) groups excluding carboxylic acids is 1. The molecule has 1 aliphatic heterocycles. The van der Waals surface area contributed by atoms with Crippen LogP contribution in [0.15, 0.2) is 45.6 Å². The van der Waals surface area contributed by atoms with E-state index in [-0.39, 0.29) is 17.1 Å². The predicted octanol–water partition coefficient (Wildman–Crippen LogP) is 4.78. The number of carbonyl (C=O) groups is 1. The molecule has 1 atom stereocenters. The van der Waals surface area contributed by atoms with Gasteiger partial charge in [0.1, 0.15) is 11.3 Å². The van der Waals surface area contributed by atoms with Crippen molar-refractivity contribution in [2.45, 2.75) is 39.7 Å². The third-order valence-electron chi connectivity index (χ3n) is 5.79. The summed E-state index contributed by atoms with van der Waals surface area (Å²) in [5.41, 5.74) is 3.38. The van der Waals surface area contributed by atoms with Gasteiger partial charge in [-0.3, -0.25) is 9.59 Å². The van der Waals surface area contributed by atoms with Crippen LogP contribution in [0.3, 0.4) is 0 Å². The summed E-state index contributed by atoms with van der Waals surface area (Å²) in [5.74, 6) is 0.593. The van der Waals surface area contributed by atoms with Crippen LogP contribution in [0, 0.1) is 13.8 Å². The predicted molar refractivity (Wildman–Crippen MR) is 124 cm³/mol. The van der Waals surface area contributed by atoms with E-state index < -0.39 is 6.04 Å². The summed E-state index contributed by atoms with van der Waals surface area (Å²) >= 11 is 0. The Labute approximate surface area is 187 Å². The first kappa shape index (κ1) is 22.1. The third-order valence-corrected chi connectivity index (χ3v) is 5.79. The van der Waals surface area contributed by atoms with Crippen molar-refractivity contribution in [3.05, 3.63) is 74.6 Å². The van der Waals surface area contributed by atoms with Crippen molar-refractivity contribution in [1.29, 1.82) is 0 Å². The number of aryl methyl sites for hydroxylation is 2. The molecule has 0 fully saturated rings. The van der Waals surface area contributed by atoms with Gasteiger partial charge in [-0.1, -0.05) is 25.1 Å². The van der Waals surface area contributed by atoms with Crippen molar-refractivity contribution in [2.24, 2.45) is 0 Å². The zero-order valence-corrected chi connectivity index (χ0v) is 19.1. The standard InChI is InChI=1S/C26H29NO5/c1-5-11-31-19-9-6-8-18(15-19)22-21-23(28)20-14-16(2)13-17(3)24(20)32-25(21)26(29)27(22)10-7-12-30-4/h6,8-9,13-15,22H,5,7,10-12H2,1-4H3. The molecule has 0 N–H and O–H groups in total. The number of hydrogen-bond donors (Lipinski definition) is 0. The van der Waals surface area contributed by atoms with E-state index in [0.717, 1.165) is 28.9 Å². The number of amides is 1. The fourth-order valence-corrected chi connectivity index (χ4v) is 4.43. The molecule has 3 aromatic rings. The Morgan fingerprint density at radius 1 is 1.09 bits per heavy atom. The van der Waals surface area contributed by atoms with Crippen molar-refractivity contribution in [2.75, 3.05) is 26.9 Å². The van der Waals surface area contributed by atoms with Crippen molar-refractivity contribution in [1.82, 2.24) is 4.90 Å². The van der Waals surface area contributed by atoms with Gasteiger partial charge in [0, 0.05) is 20.3 Å². The molecule has 6 nitrogen and oxygen atoms in total. The Morgan fingerprint density at radius 2 is 1.91 bits per heavy atom. The number of nitrogens with zero attached hydrogens (tertiary/aromatic N) is 1. The van der Waals surface area contributed by atoms with E-state index in [1.54, 1.807) is 12.0 Å². The molecule has 0 radical (unpaired) electrons. The van der Waals surface area contributed by atoms with Crippen molar-refractivity contribution in [3.8, 4) is 5.75 Å². The average molecular weight is 436 g/mol. The quantitative estimate of drug-likeness (QED) is 0.476. The van der Waals surface area contributed by atoms with E-state index in [2.05, 4.69) is 0 Å². The second-order valence-electron chi connectivity index (χ2n) is 8.30. The van der Waals surface area contributed by atoms with E-state index in [0.29, 0.717) is 42.7 Å². The maximum Gasteiger partial charge on any atom is 0.290 e. The first-order valence-corrected chi connectivity index (χ1v) is 11.1. The number of ether oxygens (including phenoxy) is 2. The highest BCUT2D eigenvalue weighted by molar-refractivity contribution is 5.99. The zero-order valence-electron chi connectivity index (χ0n) is 19.1. The summed E-state index contributed by atoms with van der Waals surface area (Å²) in [6, 6.07) is 10.9. The highest BCUT2D eigenvalue weighted by atomic mass is 16.5. The molecule has 32 heavy (non-hydrogen) atoms. The molecule has 0 saturated carbocycles. The monoisotopic (exact) mass is 435 g/mol. The second-order valence-corrected chi connectivity index (χ2v) is 8.30. The van der Waals surface area contributed by atoms with Crippen LogP contribution in [0.2, 0.25) is 0 Å². The fourth-order valence-electron chi connectivity index (χ4n) is 4.43. The molecule has 2 aromatic carbocycles. The molecular weight excluding hydrogens is 406 g/mol. The average Bonchev–Trinajstić information content (AvgIpc) is 3.06. The van der Waals surface area contributed by atoms with Crippen LogP contribution in [0.1, 0.15) is 58.6 Å². The smallest absolute Gasteiger partial charge is 0.290 e. The molecular formula is C26H29NO5. The Hall–Kier alpha value is -3.12. The molecule has 2 heterocycles. The molecule has 6 heteroatoms. The van der Waals surface area contributed by atoms with Crippen LogP contribution >= 0.6 is 0 Å². The summed E-state index contributed by atoms with van der Waals surface area (Å²) in [5, 5.41) is 0.510. The summed E-state index contributed by atoms with van der Waals surface area (Å²) in [6.45, 7) is 7.48. The highest BCUT2D eigenvalue weighted by Crippen LogP contribution is 2.39. The Kier molecular flexibility index (Phi) is 6.33. The number of hydrogen-bond acceptors (Lipinski definition) is 5. The van der Waals surface area contributed by atoms with Gasteiger partial charge in [0.2, 0.25) is 5.76 Å². The Morgan fingerprint density at radius 3 is 2.66 bits per heavy atom. The Balaban J connectivity index is 1.90. The lowest BCUT2D eigenvalue weighted by Crippen LogP contribution is -2.31. The fraction of sp³-hybridized carbons (Fsp3) is 0.385. The summed E-state index contributed by atoms with van der Waals surface area (Å²) in [6.07, 6.45) is 1.55. The first-order chi connectivity index (χ1) is 15.5. The maximum atomic E-state index is 13.7. The molecule has 0 spiro atoms. The molecule has 0 aliphatic carbocycles. The van der Waals surface area contributed by atoms with Gasteiger partial charge >= 0.3 is 0 Å². The van der Waals surface area contributed by atoms with E-state index in [4.69, 9.17) is 13.9 Å². The second kappa shape index (κ2) is 9.17. The van der Waals surface area contributed by atoms with Crippen LogP contribution in [-0.4, -0.2) is 37.7 Å². The molecule has 0 bridgehead atoms. The van der Waals surface area contributed by atoms with Crippen molar-refractivity contribution >= 4 is 16.9 Å². The number of benzene rings is 2. The van der Waals surface area contributed by atoms with Crippen LogP contribution in [-0.2, 0) is 4.74 Å². The first-order valence-electron chi connectivity index (χ1n) is 11.1. The molecule has 4 rings (SSSR count). The molecule has 1 amide bonds.